The first-order chi connectivity index (χ1) is 12.0. The second-order valence-corrected chi connectivity index (χ2v) is 5.40. The highest BCUT2D eigenvalue weighted by molar-refractivity contribution is 5.92. The molecule has 25 heavy (non-hydrogen) atoms. The Labute approximate surface area is 146 Å². The minimum Gasteiger partial charge on any atom is -0.347 e. The summed E-state index contributed by atoms with van der Waals surface area (Å²) >= 11 is 0. The van der Waals surface area contributed by atoms with Gasteiger partial charge in [0.05, 0.1) is 19.6 Å². The van der Waals surface area contributed by atoms with Crippen LogP contribution in [0.5, 0.6) is 0 Å². The maximum absolute atomic E-state index is 12.3. The third-order valence-corrected chi connectivity index (χ3v) is 3.42. The van der Waals surface area contributed by atoms with Crippen molar-refractivity contribution in [3.63, 3.8) is 0 Å². The van der Waals surface area contributed by atoms with Gasteiger partial charge in [0, 0.05) is 12.8 Å². The number of rotatable bonds is 10. The van der Waals surface area contributed by atoms with Crippen LogP contribution in [0.15, 0.2) is 30.3 Å². The quantitative estimate of drug-likeness (QED) is 0.426. The first-order valence-corrected chi connectivity index (χ1v) is 8.05. The lowest BCUT2D eigenvalue weighted by atomic mass is 10.1. The van der Waals surface area contributed by atoms with Crippen LogP contribution in [0, 0.1) is 0 Å². The molecule has 0 radical (unpaired) electrons. The molecule has 0 bridgehead atoms. The third kappa shape index (κ3) is 8.07. The van der Waals surface area contributed by atoms with Gasteiger partial charge in [0.2, 0.25) is 17.7 Å². The monoisotopic (exact) mass is 348 g/mol. The molecule has 0 unspecified atom stereocenters. The van der Waals surface area contributed by atoms with E-state index in [-0.39, 0.29) is 31.8 Å². The van der Waals surface area contributed by atoms with Crippen LogP contribution in [0.25, 0.3) is 0 Å². The van der Waals surface area contributed by atoms with E-state index in [1.807, 2.05) is 30.3 Å². The molecule has 0 saturated heterocycles. The van der Waals surface area contributed by atoms with Crippen molar-refractivity contribution >= 4 is 23.5 Å². The summed E-state index contributed by atoms with van der Waals surface area (Å²) in [6, 6.07) is 8.32. The van der Waals surface area contributed by atoms with Crippen molar-refractivity contribution in [1.82, 2.24) is 16.0 Å². The van der Waals surface area contributed by atoms with Crippen molar-refractivity contribution in [2.75, 3.05) is 19.6 Å². The zero-order valence-corrected chi connectivity index (χ0v) is 14.2. The minimum absolute atomic E-state index is 0.0829. The van der Waals surface area contributed by atoms with Crippen LogP contribution in [-0.4, -0.2) is 49.2 Å². The van der Waals surface area contributed by atoms with Crippen LogP contribution in [-0.2, 0) is 25.6 Å². The SMILES string of the molecule is CCC(=O)CNC(=O)[C@H](Cc1ccccc1)NC(=O)CNC(=O)CN. The summed E-state index contributed by atoms with van der Waals surface area (Å²) in [5, 5.41) is 7.43. The Morgan fingerprint density at radius 1 is 1.00 bits per heavy atom. The number of hydrogen-bond acceptors (Lipinski definition) is 5. The van der Waals surface area contributed by atoms with Gasteiger partial charge >= 0.3 is 0 Å². The number of ketones is 1. The maximum atomic E-state index is 12.3. The van der Waals surface area contributed by atoms with Crippen LogP contribution in [0.2, 0.25) is 0 Å². The van der Waals surface area contributed by atoms with Gasteiger partial charge in [-0.25, -0.2) is 0 Å². The topological polar surface area (TPSA) is 130 Å². The van der Waals surface area contributed by atoms with E-state index < -0.39 is 23.8 Å². The van der Waals surface area contributed by atoms with E-state index in [0.29, 0.717) is 6.42 Å². The molecule has 0 heterocycles. The molecule has 0 spiro atoms. The average molecular weight is 348 g/mol. The van der Waals surface area contributed by atoms with Gasteiger partial charge < -0.3 is 21.7 Å². The Kier molecular flexibility index (Phi) is 8.87. The lowest BCUT2D eigenvalue weighted by Gasteiger charge is -2.18. The Balaban J connectivity index is 2.69. The Morgan fingerprint density at radius 2 is 1.68 bits per heavy atom. The number of nitrogens with one attached hydrogen (secondary N) is 3. The molecule has 8 nitrogen and oxygen atoms in total. The number of amides is 3. The molecule has 3 amide bonds. The maximum Gasteiger partial charge on any atom is 0.243 e. The summed E-state index contributed by atoms with van der Waals surface area (Å²) in [6.07, 6.45) is 0.588. The Hall–Kier alpha value is -2.74. The number of carbonyl (C=O) groups is 4. The standard InChI is InChI=1S/C17H24N4O4/c1-2-13(22)10-20-17(25)14(8-12-6-4-3-5-7-12)21-16(24)11-19-15(23)9-18/h3-7,14H,2,8-11,18H2,1H3,(H,19,23)(H,20,25)(H,21,24)/t14-/m0/s1. The largest absolute Gasteiger partial charge is 0.347 e. The second-order valence-electron chi connectivity index (χ2n) is 5.40. The summed E-state index contributed by atoms with van der Waals surface area (Å²) < 4.78 is 0. The number of hydrogen-bond donors (Lipinski definition) is 4. The molecule has 0 saturated carbocycles. The highest BCUT2D eigenvalue weighted by Crippen LogP contribution is 2.03. The first kappa shape index (κ1) is 20.3. The Morgan fingerprint density at radius 3 is 2.28 bits per heavy atom. The summed E-state index contributed by atoms with van der Waals surface area (Å²) in [6.45, 7) is 1.13. The van der Waals surface area contributed by atoms with E-state index in [4.69, 9.17) is 5.73 Å². The molecule has 0 aliphatic rings. The van der Waals surface area contributed by atoms with Crippen LogP contribution in [0.1, 0.15) is 18.9 Å². The molecular weight excluding hydrogens is 324 g/mol. The van der Waals surface area contributed by atoms with E-state index >= 15 is 0 Å². The van der Waals surface area contributed by atoms with Gasteiger partial charge in [0.15, 0.2) is 5.78 Å². The summed E-state index contributed by atoms with van der Waals surface area (Å²) in [5.41, 5.74) is 6.01. The molecule has 1 rings (SSSR count). The van der Waals surface area contributed by atoms with Crippen molar-refractivity contribution < 1.29 is 19.2 Å². The molecule has 0 aliphatic carbocycles. The first-order valence-electron chi connectivity index (χ1n) is 8.05. The van der Waals surface area contributed by atoms with Crippen molar-refractivity contribution in [2.24, 2.45) is 5.73 Å². The fraction of sp³-hybridized carbons (Fsp3) is 0.412. The van der Waals surface area contributed by atoms with Gasteiger partial charge in [-0.3, -0.25) is 19.2 Å². The van der Waals surface area contributed by atoms with Crippen molar-refractivity contribution in [1.29, 1.82) is 0 Å². The molecule has 0 fully saturated rings. The fourth-order valence-corrected chi connectivity index (χ4v) is 1.99. The fourth-order valence-electron chi connectivity index (χ4n) is 1.99. The molecule has 1 aromatic carbocycles. The van der Waals surface area contributed by atoms with Crippen LogP contribution >= 0.6 is 0 Å². The van der Waals surface area contributed by atoms with Crippen molar-refractivity contribution in [2.45, 2.75) is 25.8 Å². The van der Waals surface area contributed by atoms with E-state index in [1.54, 1.807) is 6.92 Å². The number of carbonyl (C=O) groups excluding carboxylic acids is 4. The molecule has 1 atom stereocenters. The van der Waals surface area contributed by atoms with Gasteiger partial charge in [-0.2, -0.15) is 0 Å². The zero-order chi connectivity index (χ0) is 18.7. The summed E-state index contributed by atoms with van der Waals surface area (Å²) in [5.74, 6) is -1.54. The predicted molar refractivity (Wildman–Crippen MR) is 92.4 cm³/mol. The lowest BCUT2D eigenvalue weighted by Crippen LogP contribution is -2.51. The van der Waals surface area contributed by atoms with E-state index in [0.717, 1.165) is 5.56 Å². The van der Waals surface area contributed by atoms with Crippen molar-refractivity contribution in [3.05, 3.63) is 35.9 Å². The smallest absolute Gasteiger partial charge is 0.243 e. The van der Waals surface area contributed by atoms with Crippen LogP contribution in [0.4, 0.5) is 0 Å². The van der Waals surface area contributed by atoms with E-state index in [9.17, 15) is 19.2 Å². The molecule has 5 N–H and O–H groups in total. The van der Waals surface area contributed by atoms with Gasteiger partial charge in [-0.05, 0) is 5.56 Å². The predicted octanol–water partition coefficient (Wildman–Crippen LogP) is -1.12. The summed E-state index contributed by atoms with van der Waals surface area (Å²) in [7, 11) is 0. The van der Waals surface area contributed by atoms with Gasteiger partial charge in [0.25, 0.3) is 0 Å². The molecule has 136 valence electrons. The van der Waals surface area contributed by atoms with Gasteiger partial charge in [0.1, 0.15) is 6.04 Å². The Bertz CT molecular complexity index is 604. The highest BCUT2D eigenvalue weighted by atomic mass is 16.2. The van der Waals surface area contributed by atoms with Crippen molar-refractivity contribution in [3.8, 4) is 0 Å². The van der Waals surface area contributed by atoms with E-state index in [2.05, 4.69) is 16.0 Å². The zero-order valence-electron chi connectivity index (χ0n) is 14.2. The normalized spacial score (nSPS) is 11.3. The second kappa shape index (κ2) is 10.9. The minimum atomic E-state index is -0.852. The third-order valence-electron chi connectivity index (χ3n) is 3.42. The molecule has 8 heteroatoms. The average Bonchev–Trinajstić information content (AvgIpc) is 2.63. The van der Waals surface area contributed by atoms with Crippen LogP contribution in [0.3, 0.4) is 0 Å². The highest BCUT2D eigenvalue weighted by Gasteiger charge is 2.21. The van der Waals surface area contributed by atoms with E-state index in [1.165, 1.54) is 0 Å². The van der Waals surface area contributed by atoms with Gasteiger partial charge in [-0.1, -0.05) is 37.3 Å². The molecule has 0 aromatic heterocycles. The molecule has 0 aliphatic heterocycles. The van der Waals surface area contributed by atoms with Crippen LogP contribution < -0.4 is 21.7 Å². The molecular formula is C17H24N4O4. The lowest BCUT2D eigenvalue weighted by molar-refractivity contribution is -0.130. The van der Waals surface area contributed by atoms with Gasteiger partial charge in [-0.15, -0.1) is 0 Å². The number of Topliss-reactive ketones (excluding diaryl/α,β-unsaturated/α-hetero) is 1. The number of nitrogens with two attached hydrogens (primary N) is 1. The molecule has 1 aromatic rings. The number of benzene rings is 1. The summed E-state index contributed by atoms with van der Waals surface area (Å²) in [4.78, 5) is 46.7.